The smallest absolute Gasteiger partial charge is 0.407 e. The van der Waals surface area contributed by atoms with Crippen LogP contribution in [0.5, 0.6) is 6.01 Å². The SMILES string of the molecule is C[C@@H]1C[C@@H]2CN(c3nc(OC[C@@H]4CCCN4C)nc4c3CCN(c3cccc5cccc(Cl)c35)C4)C[C@H]1N2C(=O)O. The molecule has 216 valence electrons. The Bertz CT molecular complexity index is 1480. The molecule has 41 heavy (non-hydrogen) atoms. The Hall–Kier alpha value is -3.30. The number of carboxylic acid groups (broad SMARTS) is 1. The Morgan fingerprint density at radius 1 is 1.12 bits per heavy atom. The lowest BCUT2D eigenvalue weighted by Crippen LogP contribution is -2.56. The van der Waals surface area contributed by atoms with E-state index in [0.29, 0.717) is 44.2 Å². The molecule has 3 saturated heterocycles. The van der Waals surface area contributed by atoms with Crippen LogP contribution in [0.1, 0.15) is 37.4 Å². The van der Waals surface area contributed by atoms with Crippen LogP contribution < -0.4 is 14.5 Å². The number of anilines is 2. The van der Waals surface area contributed by atoms with Crippen molar-refractivity contribution in [2.75, 3.05) is 49.6 Å². The highest BCUT2D eigenvalue weighted by Gasteiger charge is 2.47. The molecule has 4 aliphatic rings. The number of amides is 1. The number of ether oxygens (including phenoxy) is 1. The van der Waals surface area contributed by atoms with Crippen LogP contribution in [0.2, 0.25) is 5.02 Å². The van der Waals surface area contributed by atoms with E-state index in [-0.39, 0.29) is 12.1 Å². The van der Waals surface area contributed by atoms with Crippen molar-refractivity contribution in [3.63, 3.8) is 0 Å². The topological polar surface area (TPSA) is 85.3 Å². The third kappa shape index (κ3) is 4.73. The number of hydrogen-bond donors (Lipinski definition) is 1. The van der Waals surface area contributed by atoms with E-state index in [4.69, 9.17) is 26.3 Å². The predicted octanol–water partition coefficient (Wildman–Crippen LogP) is 4.90. The van der Waals surface area contributed by atoms with Crippen molar-refractivity contribution >= 4 is 40.0 Å². The van der Waals surface area contributed by atoms with E-state index in [1.807, 2.05) is 12.1 Å². The van der Waals surface area contributed by atoms with Crippen molar-refractivity contribution in [2.45, 2.75) is 57.3 Å². The molecule has 7 rings (SSSR count). The summed E-state index contributed by atoms with van der Waals surface area (Å²) in [6.07, 6.45) is 3.15. The number of benzene rings is 2. The molecular weight excluding hydrogens is 540 g/mol. The molecule has 3 aromatic rings. The Labute approximate surface area is 245 Å². The quantitative estimate of drug-likeness (QED) is 0.459. The van der Waals surface area contributed by atoms with E-state index < -0.39 is 6.09 Å². The fraction of sp³-hybridized carbons (Fsp3) is 0.516. The lowest BCUT2D eigenvalue weighted by molar-refractivity contribution is 0.110. The molecule has 1 N–H and O–H groups in total. The van der Waals surface area contributed by atoms with Gasteiger partial charge in [-0.3, -0.25) is 4.90 Å². The second-order valence-corrected chi connectivity index (χ2v) is 12.6. The normalized spacial score (nSPS) is 26.1. The van der Waals surface area contributed by atoms with Crippen LogP contribution in [-0.4, -0.2) is 88.9 Å². The third-order valence-electron chi connectivity index (χ3n) is 9.68. The maximum atomic E-state index is 12.1. The number of halogens is 1. The van der Waals surface area contributed by atoms with Crippen molar-refractivity contribution in [3.8, 4) is 6.01 Å². The molecule has 4 atom stereocenters. The number of fused-ring (bicyclic) bond motifs is 4. The highest BCUT2D eigenvalue weighted by molar-refractivity contribution is 6.36. The minimum absolute atomic E-state index is 0.0266. The third-order valence-corrected chi connectivity index (χ3v) is 10.00. The first kappa shape index (κ1) is 26.6. The van der Waals surface area contributed by atoms with Gasteiger partial charge in [0.1, 0.15) is 12.4 Å². The molecule has 9 nitrogen and oxygen atoms in total. The number of likely N-dealkylation sites (tertiary alicyclic amines) is 1. The van der Waals surface area contributed by atoms with E-state index in [0.717, 1.165) is 70.9 Å². The average Bonchev–Trinajstić information content (AvgIpc) is 3.47. The largest absolute Gasteiger partial charge is 0.465 e. The number of hydrogen-bond acceptors (Lipinski definition) is 7. The molecule has 2 bridgehead atoms. The van der Waals surface area contributed by atoms with Gasteiger partial charge in [-0.2, -0.15) is 9.97 Å². The Kier molecular flexibility index (Phi) is 6.82. The van der Waals surface area contributed by atoms with E-state index >= 15 is 0 Å². The fourth-order valence-corrected chi connectivity index (χ4v) is 7.80. The zero-order valence-corrected chi connectivity index (χ0v) is 24.4. The van der Waals surface area contributed by atoms with Gasteiger partial charge in [-0.1, -0.05) is 42.8 Å². The standard InChI is InChI=1S/C31H37ClN6O3/c1-19-14-22-15-37(17-27(19)38(22)31(39)40)29-23-11-13-36(26-10-4-7-20-6-3-9-24(32)28(20)26)16-25(23)33-30(34-29)41-18-21-8-5-12-35(21)2/h3-4,6-7,9-10,19,21-22,27H,5,8,11-18H2,1-2H3,(H,39,40)/t19-,21+,22-,27-/m1/s1. The lowest BCUT2D eigenvalue weighted by atomic mass is 10.0. The molecule has 1 aromatic heterocycles. The van der Waals surface area contributed by atoms with Gasteiger partial charge in [0.25, 0.3) is 0 Å². The number of carbonyl (C=O) groups is 1. The summed E-state index contributed by atoms with van der Waals surface area (Å²) in [4.78, 5) is 30.7. The molecular formula is C31H37ClN6O3. The first-order valence-electron chi connectivity index (χ1n) is 14.8. The van der Waals surface area contributed by atoms with Gasteiger partial charge in [0.2, 0.25) is 0 Å². The molecule has 0 aliphatic carbocycles. The maximum Gasteiger partial charge on any atom is 0.407 e. The Morgan fingerprint density at radius 2 is 1.95 bits per heavy atom. The molecule has 1 amide bonds. The fourth-order valence-electron chi connectivity index (χ4n) is 7.52. The first-order chi connectivity index (χ1) is 19.9. The summed E-state index contributed by atoms with van der Waals surface area (Å²) in [6.45, 7) is 6.55. The van der Waals surface area contributed by atoms with Gasteiger partial charge in [0, 0.05) is 42.3 Å². The van der Waals surface area contributed by atoms with Crippen LogP contribution in [-0.2, 0) is 13.0 Å². The summed E-state index contributed by atoms with van der Waals surface area (Å²) in [5.41, 5.74) is 3.23. The van der Waals surface area contributed by atoms with Crippen molar-refractivity contribution < 1.29 is 14.6 Å². The number of rotatable bonds is 5. The molecule has 5 heterocycles. The van der Waals surface area contributed by atoms with Gasteiger partial charge in [-0.05, 0) is 62.7 Å². The second-order valence-electron chi connectivity index (χ2n) is 12.2. The van der Waals surface area contributed by atoms with E-state index in [2.05, 4.69) is 52.9 Å². The summed E-state index contributed by atoms with van der Waals surface area (Å²) in [6, 6.07) is 13.1. The van der Waals surface area contributed by atoms with Crippen LogP contribution in [0.15, 0.2) is 36.4 Å². The van der Waals surface area contributed by atoms with E-state index in [1.54, 1.807) is 4.90 Å². The molecule has 3 fully saturated rings. The Morgan fingerprint density at radius 3 is 2.71 bits per heavy atom. The van der Waals surface area contributed by atoms with E-state index in [1.165, 1.54) is 6.42 Å². The van der Waals surface area contributed by atoms with Gasteiger partial charge in [0.05, 0.1) is 29.3 Å². The highest BCUT2D eigenvalue weighted by Crippen LogP contribution is 2.40. The number of nitrogens with zero attached hydrogens (tertiary/aromatic N) is 6. The molecule has 0 radical (unpaired) electrons. The monoisotopic (exact) mass is 576 g/mol. The molecule has 10 heteroatoms. The zero-order valence-electron chi connectivity index (χ0n) is 23.7. The molecule has 0 saturated carbocycles. The van der Waals surface area contributed by atoms with Crippen LogP contribution in [0.3, 0.4) is 0 Å². The van der Waals surface area contributed by atoms with Crippen molar-refractivity contribution in [1.29, 1.82) is 0 Å². The summed E-state index contributed by atoms with van der Waals surface area (Å²) in [5.74, 6) is 1.23. The number of likely N-dealkylation sites (N-methyl/N-ethyl adjacent to an activating group) is 1. The Balaban J connectivity index is 1.23. The zero-order chi connectivity index (χ0) is 28.2. The van der Waals surface area contributed by atoms with Gasteiger partial charge in [0.15, 0.2) is 0 Å². The minimum Gasteiger partial charge on any atom is -0.465 e. The number of piperazine rings is 1. The van der Waals surface area contributed by atoms with Crippen molar-refractivity contribution in [2.24, 2.45) is 5.92 Å². The van der Waals surface area contributed by atoms with Gasteiger partial charge < -0.3 is 24.5 Å². The van der Waals surface area contributed by atoms with Crippen LogP contribution >= 0.6 is 11.6 Å². The average molecular weight is 577 g/mol. The lowest BCUT2D eigenvalue weighted by Gasteiger charge is -2.42. The van der Waals surface area contributed by atoms with Crippen LogP contribution in [0.4, 0.5) is 16.3 Å². The summed E-state index contributed by atoms with van der Waals surface area (Å²) < 4.78 is 6.30. The molecule has 4 aliphatic heterocycles. The van der Waals surface area contributed by atoms with Crippen LogP contribution in [0.25, 0.3) is 10.8 Å². The van der Waals surface area contributed by atoms with Gasteiger partial charge in [-0.25, -0.2) is 4.79 Å². The minimum atomic E-state index is -0.817. The van der Waals surface area contributed by atoms with E-state index in [9.17, 15) is 9.90 Å². The highest BCUT2D eigenvalue weighted by atomic mass is 35.5. The van der Waals surface area contributed by atoms with Gasteiger partial charge in [-0.15, -0.1) is 0 Å². The molecule has 2 aromatic carbocycles. The predicted molar refractivity (Wildman–Crippen MR) is 160 cm³/mol. The summed E-state index contributed by atoms with van der Waals surface area (Å²) in [7, 11) is 2.15. The number of aromatic nitrogens is 2. The van der Waals surface area contributed by atoms with Gasteiger partial charge >= 0.3 is 12.1 Å². The van der Waals surface area contributed by atoms with Crippen molar-refractivity contribution in [1.82, 2.24) is 19.8 Å². The second kappa shape index (κ2) is 10.5. The van der Waals surface area contributed by atoms with Crippen molar-refractivity contribution in [3.05, 3.63) is 52.7 Å². The summed E-state index contributed by atoms with van der Waals surface area (Å²) in [5, 5.41) is 12.8. The van der Waals surface area contributed by atoms with Crippen LogP contribution in [0, 0.1) is 5.92 Å². The summed E-state index contributed by atoms with van der Waals surface area (Å²) >= 11 is 6.70. The molecule has 0 spiro atoms. The first-order valence-corrected chi connectivity index (χ1v) is 15.2. The maximum absolute atomic E-state index is 12.1. The molecule has 0 unspecified atom stereocenters.